The highest BCUT2D eigenvalue weighted by atomic mass is 16.5. The smallest absolute Gasteiger partial charge is 0.162 e. The van der Waals surface area contributed by atoms with Crippen LogP contribution in [0.15, 0.2) is 42.6 Å². The molecule has 4 N–H and O–H groups in total. The van der Waals surface area contributed by atoms with Gasteiger partial charge in [-0.2, -0.15) is 0 Å². The molecule has 0 radical (unpaired) electrons. The van der Waals surface area contributed by atoms with Gasteiger partial charge in [0.15, 0.2) is 11.5 Å². The van der Waals surface area contributed by atoms with Crippen molar-refractivity contribution < 1.29 is 14.2 Å². The Morgan fingerprint density at radius 1 is 1.04 bits per heavy atom. The lowest BCUT2D eigenvalue weighted by molar-refractivity contribution is 0.355. The molecule has 2 aromatic carbocycles. The van der Waals surface area contributed by atoms with Gasteiger partial charge in [0.1, 0.15) is 17.3 Å². The molecule has 0 aliphatic rings. The average Bonchev–Trinajstić information content (AvgIpc) is 2.66. The predicted molar refractivity (Wildman–Crippen MR) is 102 cm³/mol. The van der Waals surface area contributed by atoms with Crippen LogP contribution in [0.3, 0.4) is 0 Å². The minimum atomic E-state index is -0.00732. The van der Waals surface area contributed by atoms with E-state index in [1.54, 1.807) is 57.8 Å². The fraction of sp³-hybridized carbons (Fsp3) is 0.158. The van der Waals surface area contributed by atoms with Crippen LogP contribution in [0.1, 0.15) is 5.56 Å². The fourth-order valence-corrected chi connectivity index (χ4v) is 2.69. The summed E-state index contributed by atoms with van der Waals surface area (Å²) in [6.45, 7) is 0. The monoisotopic (exact) mass is 352 g/mol. The van der Waals surface area contributed by atoms with Crippen LogP contribution >= 0.6 is 0 Å². The minimum absolute atomic E-state index is 0.00732. The van der Waals surface area contributed by atoms with Crippen molar-refractivity contribution in [3.05, 3.63) is 48.2 Å². The zero-order chi connectivity index (χ0) is 18.7. The first kappa shape index (κ1) is 17.3. The van der Waals surface area contributed by atoms with E-state index >= 15 is 0 Å². The van der Waals surface area contributed by atoms with Crippen molar-refractivity contribution in [2.45, 2.75) is 0 Å². The summed E-state index contributed by atoms with van der Waals surface area (Å²) >= 11 is 0. The van der Waals surface area contributed by atoms with Crippen molar-refractivity contribution in [1.82, 2.24) is 4.98 Å². The number of benzene rings is 2. The van der Waals surface area contributed by atoms with Crippen LogP contribution in [0.5, 0.6) is 23.0 Å². The third kappa shape index (κ3) is 3.19. The third-order valence-corrected chi connectivity index (χ3v) is 3.99. The SMILES string of the molecule is CNc1cc(Oc2ccnc3cc(OC)c(OC)cc23)ccc1C(=N)N. The van der Waals surface area contributed by atoms with Gasteiger partial charge in [0.05, 0.1) is 19.7 Å². The number of nitrogen functional groups attached to an aromatic ring is 1. The number of methoxy groups -OCH3 is 2. The predicted octanol–water partition coefficient (Wildman–Crippen LogP) is 3.37. The van der Waals surface area contributed by atoms with Gasteiger partial charge in [-0.05, 0) is 24.3 Å². The third-order valence-electron chi connectivity index (χ3n) is 3.99. The highest BCUT2D eigenvalue weighted by molar-refractivity contribution is 6.00. The van der Waals surface area contributed by atoms with Gasteiger partial charge in [0.25, 0.3) is 0 Å². The van der Waals surface area contributed by atoms with E-state index < -0.39 is 0 Å². The summed E-state index contributed by atoms with van der Waals surface area (Å²) < 4.78 is 16.7. The molecule has 0 saturated carbocycles. The van der Waals surface area contributed by atoms with Gasteiger partial charge in [-0.1, -0.05) is 0 Å². The van der Waals surface area contributed by atoms with Crippen molar-refractivity contribution in [3.8, 4) is 23.0 Å². The first-order valence-electron chi connectivity index (χ1n) is 7.92. The molecular weight excluding hydrogens is 332 g/mol. The maximum absolute atomic E-state index is 7.63. The van der Waals surface area contributed by atoms with E-state index in [9.17, 15) is 0 Å². The van der Waals surface area contributed by atoms with Crippen LogP contribution in [-0.2, 0) is 0 Å². The van der Waals surface area contributed by atoms with Gasteiger partial charge in [0.2, 0.25) is 0 Å². The maximum Gasteiger partial charge on any atom is 0.162 e. The second-order valence-corrected chi connectivity index (χ2v) is 5.51. The molecule has 0 fully saturated rings. The average molecular weight is 352 g/mol. The molecule has 0 bridgehead atoms. The lowest BCUT2D eigenvalue weighted by atomic mass is 10.1. The number of nitrogens with two attached hydrogens (primary N) is 1. The van der Waals surface area contributed by atoms with E-state index in [0.29, 0.717) is 34.2 Å². The quantitative estimate of drug-likeness (QED) is 0.464. The molecule has 3 aromatic rings. The first-order chi connectivity index (χ1) is 12.6. The molecule has 7 heteroatoms. The van der Waals surface area contributed by atoms with Crippen LogP contribution in [0.25, 0.3) is 10.9 Å². The molecule has 0 amide bonds. The van der Waals surface area contributed by atoms with Crippen molar-refractivity contribution >= 4 is 22.4 Å². The molecule has 7 nitrogen and oxygen atoms in total. The van der Waals surface area contributed by atoms with Gasteiger partial charge in [-0.25, -0.2) is 0 Å². The van der Waals surface area contributed by atoms with Gasteiger partial charge in [0, 0.05) is 42.0 Å². The van der Waals surface area contributed by atoms with E-state index in [2.05, 4.69) is 10.3 Å². The van der Waals surface area contributed by atoms with Gasteiger partial charge in [-0.3, -0.25) is 10.4 Å². The Labute approximate surface area is 151 Å². The molecule has 3 rings (SSSR count). The number of anilines is 1. The summed E-state index contributed by atoms with van der Waals surface area (Å²) in [4.78, 5) is 4.37. The Balaban J connectivity index is 2.05. The van der Waals surface area contributed by atoms with E-state index in [-0.39, 0.29) is 5.84 Å². The summed E-state index contributed by atoms with van der Waals surface area (Å²) in [6.07, 6.45) is 1.67. The highest BCUT2D eigenvalue weighted by Crippen LogP contribution is 2.37. The van der Waals surface area contributed by atoms with Gasteiger partial charge < -0.3 is 25.3 Å². The van der Waals surface area contributed by atoms with Crippen LogP contribution in [0.2, 0.25) is 0 Å². The van der Waals surface area contributed by atoms with Crippen LogP contribution in [0, 0.1) is 5.41 Å². The molecule has 1 aromatic heterocycles. The number of aromatic nitrogens is 1. The largest absolute Gasteiger partial charge is 0.493 e. The molecule has 1 heterocycles. The Morgan fingerprint density at radius 3 is 2.42 bits per heavy atom. The summed E-state index contributed by atoms with van der Waals surface area (Å²) in [6, 6.07) is 10.7. The number of hydrogen-bond donors (Lipinski definition) is 3. The van der Waals surface area contributed by atoms with Crippen molar-refractivity contribution in [2.75, 3.05) is 26.6 Å². The normalized spacial score (nSPS) is 10.4. The molecule has 0 unspecified atom stereocenters. The van der Waals surface area contributed by atoms with Crippen LogP contribution in [-0.4, -0.2) is 32.1 Å². The van der Waals surface area contributed by atoms with Crippen molar-refractivity contribution in [1.29, 1.82) is 5.41 Å². The number of nitrogens with zero attached hydrogens (tertiary/aromatic N) is 1. The summed E-state index contributed by atoms with van der Waals surface area (Å²) in [5.41, 5.74) is 7.66. The molecule has 134 valence electrons. The van der Waals surface area contributed by atoms with Crippen LogP contribution < -0.4 is 25.3 Å². The molecule has 0 spiro atoms. The Kier molecular flexibility index (Phi) is 4.79. The summed E-state index contributed by atoms with van der Waals surface area (Å²) in [7, 11) is 4.94. The number of nitrogens with one attached hydrogen (secondary N) is 2. The number of fused-ring (bicyclic) bond motifs is 1. The van der Waals surface area contributed by atoms with Gasteiger partial charge in [-0.15, -0.1) is 0 Å². The standard InChI is InChI=1S/C19H20N4O3/c1-22-14-8-11(4-5-12(14)19(20)21)26-16-6-7-23-15-10-18(25-3)17(24-2)9-13(15)16/h4-10,22H,1-3H3,(H3,20,21). The lowest BCUT2D eigenvalue weighted by Gasteiger charge is -2.14. The Hall–Kier alpha value is -3.48. The zero-order valence-corrected chi connectivity index (χ0v) is 14.8. The highest BCUT2D eigenvalue weighted by Gasteiger charge is 2.12. The zero-order valence-electron chi connectivity index (χ0n) is 14.8. The number of ether oxygens (including phenoxy) is 3. The Bertz CT molecular complexity index is 972. The summed E-state index contributed by atoms with van der Waals surface area (Å²) in [5.74, 6) is 2.44. The molecule has 0 saturated heterocycles. The molecule has 0 aliphatic heterocycles. The topological polar surface area (TPSA) is 102 Å². The number of pyridine rings is 1. The minimum Gasteiger partial charge on any atom is -0.493 e. The lowest BCUT2D eigenvalue weighted by Crippen LogP contribution is -2.13. The number of rotatable bonds is 6. The molecular formula is C19H20N4O3. The fourth-order valence-electron chi connectivity index (χ4n) is 2.69. The van der Waals surface area contributed by atoms with E-state index in [4.69, 9.17) is 25.4 Å². The second-order valence-electron chi connectivity index (χ2n) is 5.51. The molecule has 0 atom stereocenters. The molecule has 26 heavy (non-hydrogen) atoms. The Morgan fingerprint density at radius 2 is 1.77 bits per heavy atom. The number of hydrogen-bond acceptors (Lipinski definition) is 6. The molecule has 0 aliphatic carbocycles. The number of amidine groups is 1. The maximum atomic E-state index is 7.63. The van der Waals surface area contributed by atoms with Crippen molar-refractivity contribution in [3.63, 3.8) is 0 Å². The van der Waals surface area contributed by atoms with Crippen LogP contribution in [0.4, 0.5) is 5.69 Å². The van der Waals surface area contributed by atoms with E-state index in [1.165, 1.54) is 0 Å². The first-order valence-corrected chi connectivity index (χ1v) is 7.92. The summed E-state index contributed by atoms with van der Waals surface area (Å²) in [5, 5.41) is 11.4. The van der Waals surface area contributed by atoms with Gasteiger partial charge >= 0.3 is 0 Å². The second kappa shape index (κ2) is 7.18. The van der Waals surface area contributed by atoms with Crippen molar-refractivity contribution in [2.24, 2.45) is 5.73 Å². The van der Waals surface area contributed by atoms with E-state index in [0.717, 1.165) is 10.9 Å². The van der Waals surface area contributed by atoms with E-state index in [1.807, 2.05) is 6.07 Å².